The number of rotatable bonds is 8. The molecule has 0 aliphatic carbocycles. The summed E-state index contributed by atoms with van der Waals surface area (Å²) in [6.45, 7) is 0.971. The van der Waals surface area contributed by atoms with E-state index in [1.807, 2.05) is 24.3 Å². The van der Waals surface area contributed by atoms with Gasteiger partial charge in [-0.25, -0.2) is 8.42 Å². The van der Waals surface area contributed by atoms with E-state index in [4.69, 9.17) is 5.73 Å². The Morgan fingerprint density at radius 2 is 2.05 bits per heavy atom. The minimum absolute atomic E-state index is 0. The van der Waals surface area contributed by atoms with Crippen LogP contribution in [0.25, 0.3) is 0 Å². The molecule has 0 saturated carbocycles. The minimum Gasteiger partial charge on any atom is -0.383 e. The van der Waals surface area contributed by atoms with Crippen LogP contribution in [0.5, 0.6) is 0 Å². The molecule has 0 spiro atoms. The molecule has 0 fully saturated rings. The van der Waals surface area contributed by atoms with Crippen molar-refractivity contribution in [2.45, 2.75) is 12.5 Å². The van der Waals surface area contributed by atoms with Crippen molar-refractivity contribution in [2.24, 2.45) is 5.73 Å². The Kier molecular flexibility index (Phi) is 9.66. The zero-order chi connectivity index (χ0) is 15.9. The van der Waals surface area contributed by atoms with Crippen molar-refractivity contribution < 1.29 is 13.2 Å². The van der Waals surface area contributed by atoms with E-state index in [0.29, 0.717) is 13.1 Å². The number of carbonyl (C=O) groups is 1. The molecule has 1 atom stereocenters. The number of nitrogens with two attached hydrogens (primary N) is 1. The summed E-state index contributed by atoms with van der Waals surface area (Å²) < 4.78 is 23.0. The number of hydrogen-bond donors (Lipinski definition) is 3. The number of benzene rings is 1. The van der Waals surface area contributed by atoms with Gasteiger partial charge in [0, 0.05) is 29.5 Å². The van der Waals surface area contributed by atoms with Crippen molar-refractivity contribution in [1.82, 2.24) is 5.32 Å². The Morgan fingerprint density at radius 1 is 1.36 bits per heavy atom. The van der Waals surface area contributed by atoms with E-state index in [2.05, 4.69) is 26.6 Å². The summed E-state index contributed by atoms with van der Waals surface area (Å²) in [6, 6.07) is 6.88. The first-order valence-electron chi connectivity index (χ1n) is 6.48. The molecule has 1 unspecified atom stereocenters. The molecule has 0 aromatic heterocycles. The molecular weight excluding hydrogens is 394 g/mol. The van der Waals surface area contributed by atoms with Gasteiger partial charge in [0.05, 0.1) is 11.8 Å². The molecule has 1 aromatic carbocycles. The first-order valence-corrected chi connectivity index (χ1v) is 9.34. The van der Waals surface area contributed by atoms with Crippen molar-refractivity contribution in [1.29, 1.82) is 0 Å². The van der Waals surface area contributed by atoms with Gasteiger partial charge in [-0.2, -0.15) is 0 Å². The summed E-state index contributed by atoms with van der Waals surface area (Å²) in [6.07, 6.45) is 1.25. The third kappa shape index (κ3) is 9.24. The maximum absolute atomic E-state index is 11.7. The summed E-state index contributed by atoms with van der Waals surface area (Å²) >= 11 is 3.37. The topological polar surface area (TPSA) is 101 Å². The molecule has 22 heavy (non-hydrogen) atoms. The van der Waals surface area contributed by atoms with Gasteiger partial charge in [-0.05, 0) is 24.6 Å². The van der Waals surface area contributed by atoms with Crippen molar-refractivity contribution in [3.8, 4) is 0 Å². The lowest BCUT2D eigenvalue weighted by Gasteiger charge is -2.12. The monoisotopic (exact) mass is 413 g/mol. The summed E-state index contributed by atoms with van der Waals surface area (Å²) in [4.78, 5) is 11.7. The van der Waals surface area contributed by atoms with Crippen molar-refractivity contribution >= 4 is 49.8 Å². The fourth-order valence-electron chi connectivity index (χ4n) is 1.59. The molecule has 0 aliphatic rings. The third-order valence-electron chi connectivity index (χ3n) is 2.71. The molecule has 9 heteroatoms. The van der Waals surface area contributed by atoms with Crippen LogP contribution in [0, 0.1) is 0 Å². The molecule has 6 nitrogen and oxygen atoms in total. The highest BCUT2D eigenvalue weighted by Gasteiger charge is 2.15. The molecule has 126 valence electrons. The second kappa shape index (κ2) is 10.0. The van der Waals surface area contributed by atoms with Crippen LogP contribution in [-0.4, -0.2) is 45.5 Å². The molecule has 0 radical (unpaired) electrons. The Labute approximate surface area is 145 Å². The van der Waals surface area contributed by atoms with Gasteiger partial charge in [-0.3, -0.25) is 4.79 Å². The maximum Gasteiger partial charge on any atom is 0.237 e. The highest BCUT2D eigenvalue weighted by Crippen LogP contribution is 2.14. The first-order chi connectivity index (χ1) is 9.78. The molecule has 0 saturated heterocycles. The Hall–Kier alpha value is -0.830. The van der Waals surface area contributed by atoms with Gasteiger partial charge >= 0.3 is 0 Å². The second-order valence-corrected chi connectivity index (χ2v) is 7.93. The van der Waals surface area contributed by atoms with E-state index in [9.17, 15) is 13.2 Å². The average molecular weight is 415 g/mol. The predicted molar refractivity (Wildman–Crippen MR) is 95.2 cm³/mol. The van der Waals surface area contributed by atoms with Gasteiger partial charge in [0.25, 0.3) is 0 Å². The van der Waals surface area contributed by atoms with E-state index >= 15 is 0 Å². The molecule has 0 bridgehead atoms. The Morgan fingerprint density at radius 3 is 2.64 bits per heavy atom. The summed E-state index contributed by atoms with van der Waals surface area (Å²) in [5.41, 5.74) is 6.58. The largest absolute Gasteiger partial charge is 0.383 e. The van der Waals surface area contributed by atoms with Gasteiger partial charge < -0.3 is 16.4 Å². The van der Waals surface area contributed by atoms with Crippen molar-refractivity contribution in [2.75, 3.05) is 30.4 Å². The number of nitrogens with one attached hydrogen (secondary N) is 2. The van der Waals surface area contributed by atoms with Gasteiger partial charge in [0.15, 0.2) is 0 Å². The van der Waals surface area contributed by atoms with E-state index in [0.717, 1.165) is 16.4 Å². The van der Waals surface area contributed by atoms with Gasteiger partial charge in [0.1, 0.15) is 9.84 Å². The number of sulfone groups is 1. The number of hydrogen-bond acceptors (Lipinski definition) is 5. The molecule has 0 aliphatic heterocycles. The lowest BCUT2D eigenvalue weighted by atomic mass is 10.2. The lowest BCUT2D eigenvalue weighted by Crippen LogP contribution is -2.43. The highest BCUT2D eigenvalue weighted by atomic mass is 79.9. The predicted octanol–water partition coefficient (Wildman–Crippen LogP) is 1.16. The zero-order valence-electron chi connectivity index (χ0n) is 12.2. The maximum atomic E-state index is 11.7. The van der Waals surface area contributed by atoms with Crippen LogP contribution in [0.3, 0.4) is 0 Å². The highest BCUT2D eigenvalue weighted by molar-refractivity contribution is 9.10. The average Bonchev–Trinajstić information content (AvgIpc) is 2.40. The standard InChI is InChI=1S/C13H20BrN3O3S.ClH/c1-21(19,20)8-5-12(15)13(18)17-7-6-16-11-4-2-3-10(14)9-11;/h2-4,9,12,16H,5-8,15H2,1H3,(H,17,18);1H. The molecule has 1 rings (SSSR count). The molecule has 1 aromatic rings. The van der Waals surface area contributed by atoms with Crippen LogP contribution in [0.4, 0.5) is 5.69 Å². The van der Waals surface area contributed by atoms with E-state index in [1.54, 1.807) is 0 Å². The van der Waals surface area contributed by atoms with Crippen LogP contribution in [0.2, 0.25) is 0 Å². The molecule has 4 N–H and O–H groups in total. The van der Waals surface area contributed by atoms with Crippen LogP contribution in [-0.2, 0) is 14.6 Å². The van der Waals surface area contributed by atoms with Gasteiger partial charge in [0.2, 0.25) is 5.91 Å². The SMILES string of the molecule is CS(=O)(=O)CCC(N)C(=O)NCCNc1cccc(Br)c1.Cl. The van der Waals surface area contributed by atoms with Crippen molar-refractivity contribution in [3.63, 3.8) is 0 Å². The fourth-order valence-corrected chi connectivity index (χ4v) is 2.68. The van der Waals surface area contributed by atoms with Crippen LogP contribution >= 0.6 is 28.3 Å². The van der Waals surface area contributed by atoms with Crippen LogP contribution < -0.4 is 16.4 Å². The van der Waals surface area contributed by atoms with Crippen molar-refractivity contribution in [3.05, 3.63) is 28.7 Å². The van der Waals surface area contributed by atoms with Crippen LogP contribution in [0.15, 0.2) is 28.7 Å². The van der Waals surface area contributed by atoms with Gasteiger partial charge in [-0.1, -0.05) is 22.0 Å². The Bertz CT molecular complexity index is 584. The van der Waals surface area contributed by atoms with Gasteiger partial charge in [-0.15, -0.1) is 12.4 Å². The second-order valence-electron chi connectivity index (χ2n) is 4.75. The summed E-state index contributed by atoms with van der Waals surface area (Å²) in [7, 11) is -3.09. The lowest BCUT2D eigenvalue weighted by molar-refractivity contribution is -0.122. The number of amides is 1. The summed E-state index contributed by atoms with van der Waals surface area (Å²) in [5, 5.41) is 5.83. The number of halogens is 2. The number of carbonyl (C=O) groups excluding carboxylic acids is 1. The molecule has 0 heterocycles. The molecule has 1 amide bonds. The number of anilines is 1. The normalized spacial score (nSPS) is 12.1. The molecular formula is C13H21BrClN3O3S. The van der Waals surface area contributed by atoms with E-state index < -0.39 is 15.9 Å². The Balaban J connectivity index is 0.00000441. The zero-order valence-corrected chi connectivity index (χ0v) is 15.4. The van der Waals surface area contributed by atoms with Crippen LogP contribution in [0.1, 0.15) is 6.42 Å². The first kappa shape index (κ1) is 21.2. The van der Waals surface area contributed by atoms with E-state index in [1.165, 1.54) is 0 Å². The third-order valence-corrected chi connectivity index (χ3v) is 4.18. The smallest absolute Gasteiger partial charge is 0.237 e. The quantitative estimate of drug-likeness (QED) is 0.554. The summed E-state index contributed by atoms with van der Waals surface area (Å²) in [5.74, 6) is -0.424. The fraction of sp³-hybridized carbons (Fsp3) is 0.462. The minimum atomic E-state index is -3.09. The van der Waals surface area contributed by atoms with E-state index in [-0.39, 0.29) is 30.5 Å².